The highest BCUT2D eigenvalue weighted by Gasteiger charge is 2.12. The molecule has 0 fully saturated rings. The summed E-state index contributed by atoms with van der Waals surface area (Å²) in [6.45, 7) is 3.84. The number of aryl methyl sites for hydroxylation is 2. The topological polar surface area (TPSA) is 99.0 Å². The van der Waals surface area contributed by atoms with Crippen molar-refractivity contribution in [2.75, 3.05) is 4.72 Å². The number of imidazole rings is 1. The number of hydrogen-bond donors (Lipinski definition) is 1. The van der Waals surface area contributed by atoms with Crippen molar-refractivity contribution in [3.63, 3.8) is 0 Å². The van der Waals surface area contributed by atoms with Gasteiger partial charge in [-0.15, -0.1) is 10.2 Å². The maximum absolute atomic E-state index is 12.4. The van der Waals surface area contributed by atoms with Crippen molar-refractivity contribution in [3.8, 4) is 17.4 Å². The van der Waals surface area contributed by atoms with E-state index in [0.717, 1.165) is 17.0 Å². The molecule has 0 saturated carbocycles. The molecule has 1 N–H and O–H groups in total. The minimum absolute atomic E-state index is 0.0934. The van der Waals surface area contributed by atoms with Crippen molar-refractivity contribution < 1.29 is 13.2 Å². The fraction of sp³-hybridized carbons (Fsp3) is 0.136. The second-order valence-corrected chi connectivity index (χ2v) is 8.77. The molecule has 2 aromatic carbocycles. The lowest BCUT2D eigenvalue weighted by atomic mass is 10.2. The van der Waals surface area contributed by atoms with Crippen molar-refractivity contribution >= 4 is 15.7 Å². The maximum Gasteiger partial charge on any atom is 0.238 e. The SMILES string of the molecule is Cc1ccc(CS(=O)(=O)Nc2ccc(Oc3ccc(-n4ccnc4C)nn3)cc2)cc1. The molecule has 0 spiro atoms. The molecule has 0 radical (unpaired) electrons. The van der Waals surface area contributed by atoms with Crippen LogP contribution in [0, 0.1) is 13.8 Å². The van der Waals surface area contributed by atoms with Crippen LogP contribution in [0.25, 0.3) is 5.82 Å². The third kappa shape index (κ3) is 5.26. The second kappa shape index (κ2) is 8.57. The van der Waals surface area contributed by atoms with Crippen LogP contribution in [0.2, 0.25) is 0 Å². The van der Waals surface area contributed by atoms with E-state index >= 15 is 0 Å². The van der Waals surface area contributed by atoms with Crippen LogP contribution in [0.5, 0.6) is 11.6 Å². The lowest BCUT2D eigenvalue weighted by Crippen LogP contribution is -2.15. The Kier molecular flexibility index (Phi) is 5.68. The minimum Gasteiger partial charge on any atom is -0.438 e. The van der Waals surface area contributed by atoms with E-state index in [-0.39, 0.29) is 5.75 Å². The van der Waals surface area contributed by atoms with E-state index in [1.807, 2.05) is 42.7 Å². The summed E-state index contributed by atoms with van der Waals surface area (Å²) < 4.78 is 34.9. The minimum atomic E-state index is -3.52. The summed E-state index contributed by atoms with van der Waals surface area (Å²) in [7, 11) is -3.52. The molecule has 0 amide bonds. The van der Waals surface area contributed by atoms with Crippen LogP contribution < -0.4 is 9.46 Å². The first-order valence-corrected chi connectivity index (χ1v) is 11.2. The van der Waals surface area contributed by atoms with Gasteiger partial charge in [0.2, 0.25) is 15.9 Å². The van der Waals surface area contributed by atoms with Gasteiger partial charge in [0.05, 0.1) is 5.75 Å². The van der Waals surface area contributed by atoms with Gasteiger partial charge < -0.3 is 4.74 Å². The highest BCUT2D eigenvalue weighted by atomic mass is 32.2. The molecule has 0 atom stereocenters. The highest BCUT2D eigenvalue weighted by molar-refractivity contribution is 7.91. The monoisotopic (exact) mass is 435 g/mol. The van der Waals surface area contributed by atoms with Crippen LogP contribution in [-0.4, -0.2) is 28.2 Å². The normalized spacial score (nSPS) is 11.3. The van der Waals surface area contributed by atoms with Gasteiger partial charge in [-0.05, 0) is 49.7 Å². The number of nitrogens with zero attached hydrogens (tertiary/aromatic N) is 4. The maximum atomic E-state index is 12.4. The summed E-state index contributed by atoms with van der Waals surface area (Å²) in [6, 6.07) is 17.5. The Morgan fingerprint density at radius 2 is 1.68 bits per heavy atom. The van der Waals surface area contributed by atoms with Crippen LogP contribution in [-0.2, 0) is 15.8 Å². The number of hydrogen-bond acceptors (Lipinski definition) is 6. The molecule has 4 aromatic rings. The molecular weight excluding hydrogens is 414 g/mol. The number of nitrogens with one attached hydrogen (secondary N) is 1. The number of aromatic nitrogens is 4. The summed E-state index contributed by atoms with van der Waals surface area (Å²) in [5.74, 6) is 2.20. The summed E-state index contributed by atoms with van der Waals surface area (Å²) in [5, 5.41) is 8.22. The smallest absolute Gasteiger partial charge is 0.238 e. The van der Waals surface area contributed by atoms with Gasteiger partial charge in [-0.1, -0.05) is 29.8 Å². The van der Waals surface area contributed by atoms with E-state index in [1.54, 1.807) is 48.8 Å². The van der Waals surface area contributed by atoms with E-state index < -0.39 is 10.0 Å². The van der Waals surface area contributed by atoms with Gasteiger partial charge in [0.15, 0.2) is 5.82 Å². The van der Waals surface area contributed by atoms with Gasteiger partial charge in [-0.3, -0.25) is 9.29 Å². The van der Waals surface area contributed by atoms with Crippen molar-refractivity contribution in [1.29, 1.82) is 0 Å². The summed E-state index contributed by atoms with van der Waals surface area (Å²) >= 11 is 0. The van der Waals surface area contributed by atoms with Gasteiger partial charge in [0.1, 0.15) is 11.6 Å². The first-order valence-electron chi connectivity index (χ1n) is 9.56. The van der Waals surface area contributed by atoms with Crippen LogP contribution in [0.15, 0.2) is 73.1 Å². The van der Waals surface area contributed by atoms with Crippen LogP contribution in [0.4, 0.5) is 5.69 Å². The van der Waals surface area contributed by atoms with E-state index in [0.29, 0.717) is 23.1 Å². The van der Waals surface area contributed by atoms with E-state index in [9.17, 15) is 8.42 Å². The van der Waals surface area contributed by atoms with Gasteiger partial charge >= 0.3 is 0 Å². The molecule has 158 valence electrons. The van der Waals surface area contributed by atoms with Gasteiger partial charge in [0, 0.05) is 24.1 Å². The van der Waals surface area contributed by atoms with Crippen molar-refractivity contribution in [2.24, 2.45) is 0 Å². The Bertz CT molecular complexity index is 1270. The van der Waals surface area contributed by atoms with Crippen LogP contribution >= 0.6 is 0 Å². The molecule has 0 unspecified atom stereocenters. The zero-order valence-corrected chi connectivity index (χ0v) is 17.9. The average Bonchev–Trinajstić information content (AvgIpc) is 3.17. The second-order valence-electron chi connectivity index (χ2n) is 7.05. The molecule has 0 aliphatic heterocycles. The Hall–Kier alpha value is -3.72. The predicted molar refractivity (Wildman–Crippen MR) is 118 cm³/mol. The Balaban J connectivity index is 1.39. The lowest BCUT2D eigenvalue weighted by Gasteiger charge is -2.10. The number of ether oxygens (including phenoxy) is 1. The van der Waals surface area contributed by atoms with Crippen molar-refractivity contribution in [1.82, 2.24) is 19.7 Å². The number of benzene rings is 2. The molecule has 0 aliphatic rings. The van der Waals surface area contributed by atoms with Gasteiger partial charge in [-0.2, -0.15) is 0 Å². The third-order valence-corrected chi connectivity index (χ3v) is 5.79. The van der Waals surface area contributed by atoms with Crippen LogP contribution in [0.3, 0.4) is 0 Å². The average molecular weight is 436 g/mol. The van der Waals surface area contributed by atoms with Crippen LogP contribution in [0.1, 0.15) is 17.0 Å². The molecule has 0 aliphatic carbocycles. The van der Waals surface area contributed by atoms with E-state index in [2.05, 4.69) is 19.9 Å². The summed E-state index contributed by atoms with van der Waals surface area (Å²) in [6.07, 6.45) is 3.50. The number of anilines is 1. The zero-order valence-electron chi connectivity index (χ0n) is 17.1. The Morgan fingerprint density at radius 1 is 0.935 bits per heavy atom. The molecule has 2 heterocycles. The first kappa shape index (κ1) is 20.5. The molecule has 0 bridgehead atoms. The first-order chi connectivity index (χ1) is 14.9. The highest BCUT2D eigenvalue weighted by Crippen LogP contribution is 2.22. The Labute approximate surface area is 180 Å². The standard InChI is InChI=1S/C22H21N5O3S/c1-16-3-5-18(6-4-16)15-31(28,29)26-19-7-9-20(10-8-19)30-22-12-11-21(24-25-22)27-14-13-23-17(27)2/h3-14,26H,15H2,1-2H3. The predicted octanol–water partition coefficient (Wildman–Crippen LogP) is 4.01. The molecular formula is C22H21N5O3S. The van der Waals surface area contributed by atoms with Crippen molar-refractivity contribution in [3.05, 3.63) is 90.0 Å². The fourth-order valence-corrected chi connectivity index (χ4v) is 4.15. The fourth-order valence-electron chi connectivity index (χ4n) is 2.95. The molecule has 2 aromatic heterocycles. The van der Waals surface area contributed by atoms with Crippen molar-refractivity contribution in [2.45, 2.75) is 19.6 Å². The zero-order chi connectivity index (χ0) is 21.8. The molecule has 9 heteroatoms. The van der Waals surface area contributed by atoms with E-state index in [1.165, 1.54) is 0 Å². The number of rotatable bonds is 7. The molecule has 8 nitrogen and oxygen atoms in total. The largest absolute Gasteiger partial charge is 0.438 e. The lowest BCUT2D eigenvalue weighted by molar-refractivity contribution is 0.454. The van der Waals surface area contributed by atoms with Gasteiger partial charge in [0.25, 0.3) is 0 Å². The molecule has 31 heavy (non-hydrogen) atoms. The quantitative estimate of drug-likeness (QED) is 0.471. The summed E-state index contributed by atoms with van der Waals surface area (Å²) in [4.78, 5) is 4.16. The van der Waals surface area contributed by atoms with E-state index in [4.69, 9.17) is 4.74 Å². The third-order valence-electron chi connectivity index (χ3n) is 4.53. The molecule has 0 saturated heterocycles. The number of sulfonamides is 1. The van der Waals surface area contributed by atoms with Gasteiger partial charge in [-0.25, -0.2) is 13.4 Å². The Morgan fingerprint density at radius 3 is 2.29 bits per heavy atom. The summed E-state index contributed by atoms with van der Waals surface area (Å²) in [5.41, 5.74) is 2.27. The molecule has 4 rings (SSSR count).